The van der Waals surface area contributed by atoms with Crippen LogP contribution in [0.25, 0.3) is 0 Å². The fraction of sp³-hybridized carbons (Fsp3) is 0.692. The van der Waals surface area contributed by atoms with Gasteiger partial charge in [-0.1, -0.05) is 0 Å². The molecule has 1 aliphatic heterocycles. The highest BCUT2D eigenvalue weighted by Crippen LogP contribution is 2.20. The molecule has 1 fully saturated rings. The smallest absolute Gasteiger partial charge is 0.326 e. The highest BCUT2D eigenvalue weighted by Gasteiger charge is 2.36. The van der Waals surface area contributed by atoms with Gasteiger partial charge in [0.05, 0.1) is 5.92 Å². The molecule has 1 unspecified atom stereocenters. The Morgan fingerprint density at radius 1 is 1.43 bits per heavy atom. The molecule has 0 spiro atoms. The summed E-state index contributed by atoms with van der Waals surface area (Å²) in [6, 6.07) is -1.17. The van der Waals surface area contributed by atoms with Crippen molar-refractivity contribution in [3.8, 4) is 0 Å². The first-order valence-corrected chi connectivity index (χ1v) is 6.83. The third-order valence-corrected chi connectivity index (χ3v) is 3.45. The van der Waals surface area contributed by atoms with Gasteiger partial charge in [-0.15, -0.1) is 0 Å². The van der Waals surface area contributed by atoms with Gasteiger partial charge in [-0.3, -0.25) is 14.4 Å². The zero-order chi connectivity index (χ0) is 16.2. The molecule has 0 aromatic heterocycles. The van der Waals surface area contributed by atoms with Crippen LogP contribution in [0.3, 0.4) is 0 Å². The van der Waals surface area contributed by atoms with E-state index in [9.17, 15) is 19.2 Å². The fourth-order valence-electron chi connectivity index (χ4n) is 2.24. The summed E-state index contributed by atoms with van der Waals surface area (Å²) >= 11 is 0. The number of aliphatic carboxylic acids is 1. The van der Waals surface area contributed by atoms with Crippen LogP contribution >= 0.6 is 0 Å². The van der Waals surface area contributed by atoms with E-state index in [1.54, 1.807) is 4.90 Å². The van der Waals surface area contributed by atoms with E-state index in [4.69, 9.17) is 10.8 Å². The van der Waals surface area contributed by atoms with Crippen LogP contribution in [0, 0.1) is 5.92 Å². The summed E-state index contributed by atoms with van der Waals surface area (Å²) in [5.74, 6) is -3.01. The molecule has 8 nitrogen and oxygen atoms in total. The minimum atomic E-state index is -1.23. The summed E-state index contributed by atoms with van der Waals surface area (Å²) in [7, 11) is 0. The van der Waals surface area contributed by atoms with E-state index < -0.39 is 29.7 Å². The Bertz CT molecular complexity index is 449. The molecule has 0 aliphatic carbocycles. The zero-order valence-electron chi connectivity index (χ0n) is 12.2. The summed E-state index contributed by atoms with van der Waals surface area (Å²) in [5.41, 5.74) is 4.97. The van der Waals surface area contributed by atoms with Gasteiger partial charge < -0.3 is 21.1 Å². The first-order valence-electron chi connectivity index (χ1n) is 6.83. The monoisotopic (exact) mass is 299 g/mol. The highest BCUT2D eigenvalue weighted by atomic mass is 16.4. The molecule has 118 valence electrons. The van der Waals surface area contributed by atoms with E-state index in [0.29, 0.717) is 0 Å². The van der Waals surface area contributed by atoms with Crippen molar-refractivity contribution in [2.75, 3.05) is 6.54 Å². The van der Waals surface area contributed by atoms with E-state index in [1.807, 2.05) is 13.8 Å². The van der Waals surface area contributed by atoms with E-state index in [-0.39, 0.29) is 37.8 Å². The van der Waals surface area contributed by atoms with Crippen molar-refractivity contribution < 1.29 is 24.3 Å². The molecule has 0 bridgehead atoms. The maximum Gasteiger partial charge on any atom is 0.326 e. The molecular weight excluding hydrogens is 278 g/mol. The second-order valence-corrected chi connectivity index (χ2v) is 5.45. The Kier molecular flexibility index (Phi) is 5.69. The second-order valence-electron chi connectivity index (χ2n) is 5.45. The van der Waals surface area contributed by atoms with Crippen LogP contribution in [-0.2, 0) is 19.2 Å². The van der Waals surface area contributed by atoms with Gasteiger partial charge in [0.25, 0.3) is 0 Å². The van der Waals surface area contributed by atoms with Crippen LogP contribution in [0.15, 0.2) is 0 Å². The quantitative estimate of drug-likeness (QED) is 0.559. The molecule has 8 heteroatoms. The van der Waals surface area contributed by atoms with Gasteiger partial charge in [0, 0.05) is 25.4 Å². The average molecular weight is 299 g/mol. The van der Waals surface area contributed by atoms with Gasteiger partial charge in [0.2, 0.25) is 17.7 Å². The van der Waals surface area contributed by atoms with Crippen molar-refractivity contribution in [2.45, 2.75) is 45.2 Å². The number of nitrogens with zero attached hydrogens (tertiary/aromatic N) is 1. The minimum absolute atomic E-state index is 0.000400. The van der Waals surface area contributed by atoms with Crippen LogP contribution in [-0.4, -0.2) is 52.3 Å². The maximum absolute atomic E-state index is 12.0. The van der Waals surface area contributed by atoms with Crippen molar-refractivity contribution in [3.63, 3.8) is 0 Å². The Balaban J connectivity index is 2.60. The van der Waals surface area contributed by atoms with Crippen LogP contribution < -0.4 is 11.1 Å². The number of nitrogens with two attached hydrogens (primary N) is 1. The molecule has 1 heterocycles. The summed E-state index contributed by atoms with van der Waals surface area (Å²) in [4.78, 5) is 47.1. The SMILES string of the molecule is CC(C)N1CC(C(=O)N[C@@H](CCC(N)=O)C(=O)O)CC1=O. The molecule has 0 aromatic rings. The van der Waals surface area contributed by atoms with Crippen molar-refractivity contribution >= 4 is 23.7 Å². The van der Waals surface area contributed by atoms with E-state index in [0.717, 1.165) is 0 Å². The normalized spacial score (nSPS) is 19.7. The molecule has 1 aliphatic rings. The third-order valence-electron chi connectivity index (χ3n) is 3.45. The van der Waals surface area contributed by atoms with Crippen LogP contribution in [0.4, 0.5) is 0 Å². The number of likely N-dealkylation sites (tertiary alicyclic amines) is 1. The van der Waals surface area contributed by atoms with Gasteiger partial charge in [-0.25, -0.2) is 4.79 Å². The molecule has 3 amide bonds. The van der Waals surface area contributed by atoms with Crippen molar-refractivity contribution in [2.24, 2.45) is 11.7 Å². The molecular formula is C13H21N3O5. The molecule has 0 aromatic carbocycles. The highest BCUT2D eigenvalue weighted by molar-refractivity contribution is 5.91. The number of carbonyl (C=O) groups excluding carboxylic acids is 3. The lowest BCUT2D eigenvalue weighted by Gasteiger charge is -2.21. The largest absolute Gasteiger partial charge is 0.480 e. The standard InChI is InChI=1S/C13H21N3O5/c1-7(2)16-6-8(5-11(16)18)12(19)15-9(13(20)21)3-4-10(14)17/h7-9H,3-6H2,1-2H3,(H2,14,17)(H,15,19)(H,20,21)/t8?,9-/m0/s1. The summed E-state index contributed by atoms with van der Waals surface area (Å²) < 4.78 is 0. The molecule has 0 saturated carbocycles. The van der Waals surface area contributed by atoms with Crippen molar-refractivity contribution in [3.05, 3.63) is 0 Å². The number of carboxylic acids is 1. The maximum atomic E-state index is 12.0. The fourth-order valence-corrected chi connectivity index (χ4v) is 2.24. The average Bonchev–Trinajstić information content (AvgIpc) is 2.75. The lowest BCUT2D eigenvalue weighted by atomic mass is 10.1. The van der Waals surface area contributed by atoms with E-state index in [2.05, 4.69) is 5.32 Å². The summed E-state index contributed by atoms with van der Waals surface area (Å²) in [6.07, 6.45) is -0.115. The number of hydrogen-bond donors (Lipinski definition) is 3. The van der Waals surface area contributed by atoms with Gasteiger partial charge in [-0.2, -0.15) is 0 Å². The molecule has 0 radical (unpaired) electrons. The van der Waals surface area contributed by atoms with Gasteiger partial charge in [0.15, 0.2) is 0 Å². The number of carbonyl (C=O) groups is 4. The molecule has 21 heavy (non-hydrogen) atoms. The first-order chi connectivity index (χ1) is 9.72. The Labute approximate surface area is 122 Å². The number of nitrogens with one attached hydrogen (secondary N) is 1. The number of carboxylic acid groups (broad SMARTS) is 1. The Morgan fingerprint density at radius 2 is 2.05 bits per heavy atom. The number of rotatable bonds is 7. The molecule has 2 atom stereocenters. The number of primary amides is 1. The van der Waals surface area contributed by atoms with Crippen LogP contribution in [0.2, 0.25) is 0 Å². The van der Waals surface area contributed by atoms with Crippen molar-refractivity contribution in [1.29, 1.82) is 0 Å². The predicted octanol–water partition coefficient (Wildman–Crippen LogP) is -0.922. The third kappa shape index (κ3) is 4.73. The molecule has 4 N–H and O–H groups in total. The van der Waals surface area contributed by atoms with Crippen molar-refractivity contribution in [1.82, 2.24) is 10.2 Å². The van der Waals surface area contributed by atoms with E-state index in [1.165, 1.54) is 0 Å². The number of hydrogen-bond acceptors (Lipinski definition) is 4. The minimum Gasteiger partial charge on any atom is -0.480 e. The summed E-state index contributed by atoms with van der Waals surface area (Å²) in [5, 5.41) is 11.4. The number of amides is 3. The van der Waals surface area contributed by atoms with Crippen LogP contribution in [0.1, 0.15) is 33.1 Å². The van der Waals surface area contributed by atoms with Crippen LogP contribution in [0.5, 0.6) is 0 Å². The summed E-state index contributed by atoms with van der Waals surface area (Å²) in [6.45, 7) is 3.99. The molecule has 1 rings (SSSR count). The van der Waals surface area contributed by atoms with Gasteiger partial charge >= 0.3 is 5.97 Å². The topological polar surface area (TPSA) is 130 Å². The lowest BCUT2D eigenvalue weighted by molar-refractivity contribution is -0.142. The second kappa shape index (κ2) is 7.05. The first kappa shape index (κ1) is 16.9. The van der Waals surface area contributed by atoms with E-state index >= 15 is 0 Å². The molecule has 1 saturated heterocycles. The Morgan fingerprint density at radius 3 is 2.48 bits per heavy atom. The van der Waals surface area contributed by atoms with Gasteiger partial charge in [-0.05, 0) is 20.3 Å². The zero-order valence-corrected chi connectivity index (χ0v) is 12.2. The predicted molar refractivity (Wildman–Crippen MR) is 73.0 cm³/mol. The lowest BCUT2D eigenvalue weighted by Crippen LogP contribution is -2.44. The Hall–Kier alpha value is -2.12. The van der Waals surface area contributed by atoms with Gasteiger partial charge in [0.1, 0.15) is 6.04 Å².